The number of hydrogen-bond acceptors (Lipinski definition) is 2. The SMILES string of the molecule is CC(=O)O[C-](C)C.[Y+3]. The van der Waals surface area contributed by atoms with Crippen molar-refractivity contribution in [3.05, 3.63) is 6.10 Å². The van der Waals surface area contributed by atoms with Gasteiger partial charge in [-0.05, 0) is 0 Å². The third kappa shape index (κ3) is 9.76. The second-order valence-electron chi connectivity index (χ2n) is 1.50. The summed E-state index contributed by atoms with van der Waals surface area (Å²) in [6, 6.07) is 0. The Morgan fingerprint density at radius 3 is 1.88 bits per heavy atom. The van der Waals surface area contributed by atoms with Crippen LogP contribution >= 0.6 is 0 Å². The first-order valence-electron chi connectivity index (χ1n) is 2.11. The van der Waals surface area contributed by atoms with Gasteiger partial charge in [0.05, 0.1) is 0 Å². The standard InChI is InChI=1S/C5H9O2.Y/c1-4(2)7-5(3)6;/h1-3H3;/q-1;+3. The Labute approximate surface area is 74.9 Å². The molecule has 0 heterocycles. The molecule has 0 fully saturated rings. The Hall–Kier alpha value is 0.574. The molecule has 3 heteroatoms. The molecule has 42 valence electrons. The van der Waals surface area contributed by atoms with Crippen molar-refractivity contribution < 1.29 is 42.2 Å². The van der Waals surface area contributed by atoms with E-state index in [9.17, 15) is 4.79 Å². The summed E-state index contributed by atoms with van der Waals surface area (Å²) < 4.78 is 4.53. The van der Waals surface area contributed by atoms with Crippen LogP contribution in [-0.2, 0) is 42.2 Å². The van der Waals surface area contributed by atoms with E-state index >= 15 is 0 Å². The van der Waals surface area contributed by atoms with Crippen LogP contribution in [0.3, 0.4) is 0 Å². The van der Waals surface area contributed by atoms with Gasteiger partial charge in [-0.3, -0.25) is 4.79 Å². The molecule has 0 bridgehead atoms. The summed E-state index contributed by atoms with van der Waals surface area (Å²) in [5.41, 5.74) is 0. The van der Waals surface area contributed by atoms with Gasteiger partial charge in [0.15, 0.2) is 0 Å². The quantitative estimate of drug-likeness (QED) is 0.457. The van der Waals surface area contributed by atoms with Crippen molar-refractivity contribution in [1.29, 1.82) is 0 Å². The number of rotatable bonds is 1. The van der Waals surface area contributed by atoms with Crippen LogP contribution in [0.2, 0.25) is 0 Å². The van der Waals surface area contributed by atoms with E-state index in [0.29, 0.717) is 6.10 Å². The van der Waals surface area contributed by atoms with Crippen molar-refractivity contribution in [2.45, 2.75) is 20.8 Å². The first-order chi connectivity index (χ1) is 3.13. The molecule has 0 aromatic rings. The van der Waals surface area contributed by atoms with Crippen LogP contribution in [-0.4, -0.2) is 5.97 Å². The number of carbonyl (C=O) groups is 1. The van der Waals surface area contributed by atoms with Gasteiger partial charge >= 0.3 is 32.7 Å². The molecule has 0 radical (unpaired) electrons. The zero-order chi connectivity index (χ0) is 5.86. The zero-order valence-electron chi connectivity index (χ0n) is 5.39. The minimum absolute atomic E-state index is 0. The van der Waals surface area contributed by atoms with Crippen LogP contribution in [0, 0.1) is 6.10 Å². The van der Waals surface area contributed by atoms with Crippen LogP contribution < -0.4 is 0 Å². The van der Waals surface area contributed by atoms with Crippen molar-refractivity contribution >= 4 is 5.97 Å². The van der Waals surface area contributed by atoms with E-state index in [2.05, 4.69) is 4.74 Å². The molecular weight excluding hydrogens is 181 g/mol. The van der Waals surface area contributed by atoms with E-state index in [1.54, 1.807) is 13.8 Å². The normalized spacial score (nSPS) is 8.00. The van der Waals surface area contributed by atoms with Crippen molar-refractivity contribution in [3.8, 4) is 0 Å². The largest absolute Gasteiger partial charge is 3.00 e. The van der Waals surface area contributed by atoms with Crippen LogP contribution in [0.15, 0.2) is 0 Å². The number of esters is 1. The van der Waals surface area contributed by atoms with Gasteiger partial charge in [0, 0.05) is 6.92 Å². The summed E-state index contributed by atoms with van der Waals surface area (Å²) >= 11 is 0. The number of carbonyl (C=O) groups excluding carboxylic acids is 1. The van der Waals surface area contributed by atoms with Gasteiger partial charge in [-0.2, -0.15) is 13.8 Å². The average Bonchev–Trinajstić information content (AvgIpc) is 1.27. The van der Waals surface area contributed by atoms with E-state index in [-0.39, 0.29) is 38.7 Å². The zero-order valence-corrected chi connectivity index (χ0v) is 8.23. The summed E-state index contributed by atoms with van der Waals surface area (Å²) in [5.74, 6) is -0.250. The van der Waals surface area contributed by atoms with Gasteiger partial charge in [0.2, 0.25) is 0 Å². The Morgan fingerprint density at radius 1 is 1.50 bits per heavy atom. The minimum Gasteiger partial charge on any atom is -0.635 e. The van der Waals surface area contributed by atoms with E-state index < -0.39 is 0 Å². The van der Waals surface area contributed by atoms with Crippen molar-refractivity contribution in [1.82, 2.24) is 0 Å². The second-order valence-corrected chi connectivity index (χ2v) is 1.50. The molecule has 0 aliphatic carbocycles. The van der Waals surface area contributed by atoms with Crippen LogP contribution in [0.4, 0.5) is 0 Å². The molecule has 0 amide bonds. The van der Waals surface area contributed by atoms with Gasteiger partial charge in [-0.15, -0.1) is 6.10 Å². The molecule has 0 spiro atoms. The number of ether oxygens (including phenoxy) is 1. The number of hydrogen-bond donors (Lipinski definition) is 0. The second kappa shape index (κ2) is 5.71. The fraction of sp³-hybridized carbons (Fsp3) is 0.600. The third-order valence-corrected chi connectivity index (χ3v) is 0.348. The van der Waals surface area contributed by atoms with Gasteiger partial charge in [0.1, 0.15) is 0 Å². The van der Waals surface area contributed by atoms with Gasteiger partial charge < -0.3 is 4.74 Å². The van der Waals surface area contributed by atoms with E-state index in [1.165, 1.54) is 6.92 Å². The predicted octanol–water partition coefficient (Wildman–Crippen LogP) is 1.12. The predicted molar refractivity (Wildman–Crippen MR) is 26.4 cm³/mol. The van der Waals surface area contributed by atoms with Crippen molar-refractivity contribution in [2.75, 3.05) is 0 Å². The maximum atomic E-state index is 10.0. The van der Waals surface area contributed by atoms with Crippen LogP contribution in [0.1, 0.15) is 20.8 Å². The molecule has 0 aliphatic rings. The van der Waals surface area contributed by atoms with Gasteiger partial charge in [-0.1, -0.05) is 0 Å². The Balaban J connectivity index is 0. The van der Waals surface area contributed by atoms with Crippen LogP contribution in [0.5, 0.6) is 0 Å². The average molecular weight is 190 g/mol. The maximum absolute atomic E-state index is 10.0. The van der Waals surface area contributed by atoms with E-state index in [0.717, 1.165) is 0 Å². The molecule has 8 heavy (non-hydrogen) atoms. The third-order valence-electron chi connectivity index (χ3n) is 0.348. The molecule has 0 aromatic carbocycles. The maximum Gasteiger partial charge on any atom is 3.00 e. The summed E-state index contributed by atoms with van der Waals surface area (Å²) in [7, 11) is 0. The molecule has 0 saturated carbocycles. The molecule has 0 aliphatic heterocycles. The molecule has 0 aromatic heterocycles. The van der Waals surface area contributed by atoms with E-state index in [1.807, 2.05) is 0 Å². The van der Waals surface area contributed by atoms with Gasteiger partial charge in [-0.25, -0.2) is 0 Å². The minimum atomic E-state index is -0.250. The summed E-state index contributed by atoms with van der Waals surface area (Å²) in [4.78, 5) is 10.0. The molecule has 0 atom stereocenters. The first-order valence-corrected chi connectivity index (χ1v) is 2.11. The van der Waals surface area contributed by atoms with Crippen LogP contribution in [0.25, 0.3) is 0 Å². The monoisotopic (exact) mass is 190 g/mol. The van der Waals surface area contributed by atoms with Gasteiger partial charge in [0.25, 0.3) is 5.97 Å². The molecule has 2 nitrogen and oxygen atoms in total. The van der Waals surface area contributed by atoms with Crippen molar-refractivity contribution in [2.24, 2.45) is 0 Å². The summed E-state index contributed by atoms with van der Waals surface area (Å²) in [6.45, 7) is 4.86. The summed E-state index contributed by atoms with van der Waals surface area (Å²) in [5, 5.41) is 0. The Bertz CT molecular complexity index is 70.8. The smallest absolute Gasteiger partial charge is 0.635 e. The molecular formula is C5H9O2Y+2. The molecule has 0 rings (SSSR count). The van der Waals surface area contributed by atoms with E-state index in [4.69, 9.17) is 0 Å². The van der Waals surface area contributed by atoms with Crippen molar-refractivity contribution in [3.63, 3.8) is 0 Å². The topological polar surface area (TPSA) is 26.3 Å². The fourth-order valence-corrected chi connectivity index (χ4v) is 0.287. The Kier molecular flexibility index (Phi) is 8.12. The molecule has 0 saturated heterocycles. The Morgan fingerprint density at radius 2 is 1.88 bits per heavy atom. The molecule has 0 N–H and O–H groups in total. The fourth-order valence-electron chi connectivity index (χ4n) is 0.287. The summed E-state index contributed by atoms with van der Waals surface area (Å²) in [6.07, 6.45) is 0.688. The molecule has 0 unspecified atom stereocenters. The first kappa shape index (κ1) is 11.4.